The lowest BCUT2D eigenvalue weighted by molar-refractivity contribution is -0.225. The van der Waals surface area contributed by atoms with E-state index in [1.54, 1.807) is 0 Å². The number of rotatable bonds is 4. The zero-order valence-corrected chi connectivity index (χ0v) is 19.7. The first kappa shape index (κ1) is 24.2. The zero-order valence-electron chi connectivity index (χ0n) is 18.7. The van der Waals surface area contributed by atoms with Gasteiger partial charge < -0.3 is 9.16 Å². The largest absolute Gasteiger partial charge is 0.420 e. The Balaban J connectivity index is 1.97. The van der Waals surface area contributed by atoms with Crippen molar-refractivity contribution in [3.63, 3.8) is 0 Å². The highest BCUT2D eigenvalue weighted by Crippen LogP contribution is 2.65. The Morgan fingerprint density at radius 2 is 1.42 bits per heavy atom. The Kier molecular flexibility index (Phi) is 5.88. The molecule has 3 rings (SSSR count). The van der Waals surface area contributed by atoms with Gasteiger partial charge in [-0.05, 0) is 42.8 Å². The Hall–Kier alpha value is -1.48. The summed E-state index contributed by atoms with van der Waals surface area (Å²) in [6.45, 7) is 12.3. The number of hydrogen-bond donors (Lipinski definition) is 0. The molecule has 0 spiro atoms. The molecule has 2 saturated carbocycles. The summed E-state index contributed by atoms with van der Waals surface area (Å²) in [5, 5.41) is -0.147. The Morgan fingerprint density at radius 1 is 0.935 bits per heavy atom. The lowest BCUT2D eigenvalue weighted by atomic mass is 9.46. The minimum atomic E-state index is -2.35. The van der Waals surface area contributed by atoms with Crippen LogP contribution in [0.5, 0.6) is 5.75 Å². The number of esters is 1. The molecule has 0 N–H and O–H groups in total. The van der Waals surface area contributed by atoms with Crippen molar-refractivity contribution in [2.24, 2.45) is 11.3 Å². The van der Waals surface area contributed by atoms with E-state index >= 15 is 0 Å². The van der Waals surface area contributed by atoms with E-state index in [0.29, 0.717) is 12.8 Å². The molecular formula is C22H29F5O3Si. The fourth-order valence-corrected chi connectivity index (χ4v) is 6.45. The van der Waals surface area contributed by atoms with Crippen molar-refractivity contribution in [1.29, 1.82) is 0 Å². The van der Waals surface area contributed by atoms with Crippen LogP contribution >= 0.6 is 0 Å². The molecule has 0 aliphatic heterocycles. The van der Waals surface area contributed by atoms with E-state index in [1.807, 2.05) is 6.92 Å². The van der Waals surface area contributed by atoms with Gasteiger partial charge in [0.15, 0.2) is 8.32 Å². The number of fused-ring (bicyclic) bond motifs is 1. The highest BCUT2D eigenvalue weighted by atomic mass is 28.4. The van der Waals surface area contributed by atoms with Crippen LogP contribution in [0.2, 0.25) is 18.1 Å². The van der Waals surface area contributed by atoms with Gasteiger partial charge in [0.1, 0.15) is 0 Å². The minimum absolute atomic E-state index is 0.147. The van der Waals surface area contributed by atoms with Crippen LogP contribution in [0.3, 0.4) is 0 Å². The molecule has 0 saturated heterocycles. The van der Waals surface area contributed by atoms with Crippen LogP contribution in [0.1, 0.15) is 59.8 Å². The summed E-state index contributed by atoms with van der Waals surface area (Å²) in [4.78, 5) is 13.0. The summed E-state index contributed by atoms with van der Waals surface area (Å²) in [5.74, 6) is -14.3. The molecule has 1 aromatic carbocycles. The van der Waals surface area contributed by atoms with E-state index in [1.165, 1.54) is 0 Å². The Morgan fingerprint density at radius 3 is 1.90 bits per heavy atom. The zero-order chi connectivity index (χ0) is 23.6. The average Bonchev–Trinajstić information content (AvgIpc) is 2.66. The van der Waals surface area contributed by atoms with Gasteiger partial charge in [-0.1, -0.05) is 40.5 Å². The van der Waals surface area contributed by atoms with Crippen LogP contribution in [-0.4, -0.2) is 19.9 Å². The summed E-state index contributed by atoms with van der Waals surface area (Å²) in [7, 11) is -2.35. The third-order valence-electron chi connectivity index (χ3n) is 7.67. The van der Waals surface area contributed by atoms with Crippen molar-refractivity contribution >= 4 is 14.3 Å². The Labute approximate surface area is 180 Å². The van der Waals surface area contributed by atoms with E-state index in [4.69, 9.17) is 9.16 Å². The van der Waals surface area contributed by atoms with E-state index in [2.05, 4.69) is 33.9 Å². The SMILES string of the molecule is CC(C)(C)[Si](C)(C)O[C@]12CCCC[C@@]1(C)C[C@H]2C(=O)Oc1c(F)c(F)c(F)c(F)c1F. The maximum absolute atomic E-state index is 14.1. The van der Waals surface area contributed by atoms with E-state index in [9.17, 15) is 26.7 Å². The molecule has 1 aromatic rings. The second-order valence-corrected chi connectivity index (χ2v) is 15.3. The van der Waals surface area contributed by atoms with Crippen LogP contribution in [-0.2, 0) is 9.22 Å². The predicted molar refractivity (Wildman–Crippen MR) is 108 cm³/mol. The molecule has 3 atom stereocenters. The van der Waals surface area contributed by atoms with Crippen molar-refractivity contribution < 1.29 is 35.9 Å². The molecule has 0 unspecified atom stereocenters. The van der Waals surface area contributed by atoms with Crippen molar-refractivity contribution in [3.05, 3.63) is 29.1 Å². The molecule has 0 radical (unpaired) electrons. The number of halogens is 5. The quantitative estimate of drug-likeness (QED) is 0.125. The number of carbonyl (C=O) groups excluding carboxylic acids is 1. The molecular weight excluding hydrogens is 435 g/mol. The first-order valence-corrected chi connectivity index (χ1v) is 13.4. The molecule has 0 heterocycles. The van der Waals surface area contributed by atoms with Gasteiger partial charge in [-0.15, -0.1) is 0 Å². The molecule has 2 aliphatic rings. The summed E-state index contributed by atoms with van der Waals surface area (Å²) >= 11 is 0. The van der Waals surface area contributed by atoms with Gasteiger partial charge in [0.2, 0.25) is 34.8 Å². The van der Waals surface area contributed by atoms with Crippen molar-refractivity contribution in [2.75, 3.05) is 0 Å². The molecule has 0 amide bonds. The monoisotopic (exact) mass is 464 g/mol. The summed E-state index contributed by atoms with van der Waals surface area (Å²) in [6, 6.07) is 0. The second kappa shape index (κ2) is 7.54. The predicted octanol–water partition coefficient (Wildman–Crippen LogP) is 6.65. The third-order valence-corrected chi connectivity index (χ3v) is 12.2. The van der Waals surface area contributed by atoms with Crippen LogP contribution in [0.4, 0.5) is 22.0 Å². The van der Waals surface area contributed by atoms with Gasteiger partial charge in [-0.2, -0.15) is 8.78 Å². The highest BCUT2D eigenvalue weighted by molar-refractivity contribution is 6.74. The second-order valence-electron chi connectivity index (χ2n) is 10.6. The van der Waals surface area contributed by atoms with Gasteiger partial charge in [0.05, 0.1) is 11.5 Å². The summed E-state index contributed by atoms with van der Waals surface area (Å²) in [6.07, 6.45) is 3.56. The summed E-state index contributed by atoms with van der Waals surface area (Å²) in [5.41, 5.74) is -1.20. The van der Waals surface area contributed by atoms with E-state index in [0.717, 1.165) is 19.3 Å². The van der Waals surface area contributed by atoms with Crippen LogP contribution in [0.15, 0.2) is 0 Å². The molecule has 2 fully saturated rings. The minimum Gasteiger partial charge on any atom is -0.420 e. The van der Waals surface area contributed by atoms with Gasteiger partial charge in [-0.3, -0.25) is 4.79 Å². The average molecular weight is 465 g/mol. The third kappa shape index (κ3) is 3.61. The van der Waals surface area contributed by atoms with Gasteiger partial charge >= 0.3 is 5.97 Å². The van der Waals surface area contributed by atoms with Crippen molar-refractivity contribution in [1.82, 2.24) is 0 Å². The van der Waals surface area contributed by atoms with Crippen LogP contribution in [0.25, 0.3) is 0 Å². The number of hydrogen-bond acceptors (Lipinski definition) is 3. The maximum atomic E-state index is 14.1. The molecule has 31 heavy (non-hydrogen) atoms. The smallest absolute Gasteiger partial charge is 0.317 e. The lowest BCUT2D eigenvalue weighted by Crippen LogP contribution is -2.71. The molecule has 0 aromatic heterocycles. The lowest BCUT2D eigenvalue weighted by Gasteiger charge is -2.66. The topological polar surface area (TPSA) is 35.5 Å². The summed E-state index contributed by atoms with van der Waals surface area (Å²) < 4.78 is 80.1. The number of carbonyl (C=O) groups is 1. The standard InChI is InChI=1S/C22H29F5O3Si/c1-20(2,3)31(5,6)30-22-10-8-7-9-21(22,4)11-12(22)19(28)29-18-16(26)14(24)13(23)15(25)17(18)27/h12H,7-11H2,1-6H3/t12-,21-,22-/m0/s1. The first-order chi connectivity index (χ1) is 14.1. The normalized spacial score (nSPS) is 28.7. The van der Waals surface area contributed by atoms with Crippen molar-refractivity contribution in [3.8, 4) is 5.75 Å². The molecule has 174 valence electrons. The molecule has 9 heteroatoms. The fourth-order valence-electron chi connectivity index (χ4n) is 4.74. The van der Waals surface area contributed by atoms with E-state index in [-0.39, 0.29) is 10.5 Å². The van der Waals surface area contributed by atoms with Gasteiger partial charge in [-0.25, -0.2) is 13.2 Å². The molecule has 2 aliphatic carbocycles. The highest BCUT2D eigenvalue weighted by Gasteiger charge is 2.69. The molecule has 3 nitrogen and oxygen atoms in total. The fraction of sp³-hybridized carbons (Fsp3) is 0.682. The number of ether oxygens (including phenoxy) is 1. The molecule has 0 bridgehead atoms. The van der Waals surface area contributed by atoms with Crippen molar-refractivity contribution in [2.45, 2.75) is 83.5 Å². The maximum Gasteiger partial charge on any atom is 0.317 e. The first-order valence-electron chi connectivity index (χ1n) is 10.5. The van der Waals surface area contributed by atoms with E-state index < -0.39 is 60.6 Å². The Bertz CT molecular complexity index is 884. The van der Waals surface area contributed by atoms with Gasteiger partial charge in [0.25, 0.3) is 0 Å². The van der Waals surface area contributed by atoms with Crippen LogP contribution < -0.4 is 4.74 Å². The number of benzene rings is 1. The van der Waals surface area contributed by atoms with Crippen LogP contribution in [0, 0.1) is 40.4 Å². The van der Waals surface area contributed by atoms with Gasteiger partial charge in [0, 0.05) is 0 Å².